The maximum atomic E-state index is 6.16. The summed E-state index contributed by atoms with van der Waals surface area (Å²) in [5.74, 6) is 2.07. The summed E-state index contributed by atoms with van der Waals surface area (Å²) in [5, 5.41) is 3.62. The number of methoxy groups -OCH3 is 1. The molecule has 1 unspecified atom stereocenters. The van der Waals surface area contributed by atoms with E-state index in [2.05, 4.69) is 30.4 Å². The van der Waals surface area contributed by atoms with Gasteiger partial charge in [-0.05, 0) is 76.0 Å². The van der Waals surface area contributed by atoms with Gasteiger partial charge in [0.25, 0.3) is 0 Å². The quantitative estimate of drug-likeness (QED) is 0.688. The number of aliphatic imine (C=N–C) groups is 1. The van der Waals surface area contributed by atoms with Crippen LogP contribution in [0.5, 0.6) is 5.75 Å². The number of nitrogens with zero attached hydrogens (tertiary/aromatic N) is 1. The normalized spacial score (nSPS) is 30.5. The molecule has 0 spiro atoms. The Morgan fingerprint density at radius 2 is 1.89 bits per heavy atom. The average Bonchev–Trinajstić information content (AvgIpc) is 2.97. The molecule has 1 atom stereocenters. The molecular weight excluding hydrogens is 368 g/mol. The highest BCUT2D eigenvalue weighted by Crippen LogP contribution is 2.45. The Hall–Kier alpha value is -1.46. The first-order chi connectivity index (χ1) is 13.5. The molecule has 4 nitrogen and oxygen atoms in total. The Morgan fingerprint density at radius 1 is 1.14 bits per heavy atom. The van der Waals surface area contributed by atoms with E-state index in [1.165, 1.54) is 30.4 Å². The van der Waals surface area contributed by atoms with Crippen LogP contribution in [0, 0.1) is 18.8 Å². The standard InChI is InChI=1S/C23H32N2O2S/c1-15-7-10-20(27-14-17-5-4-6-17)13-21(15)23(24-16(2)22(28)25-23)18-8-11-19(26-3)12-9-18/h7,10,13,17-19H,4-6,8-9,11-12,14H2,1-3H3,(H,25,28). The van der Waals surface area contributed by atoms with Crippen molar-refractivity contribution in [1.82, 2.24) is 5.32 Å². The highest BCUT2D eigenvalue weighted by atomic mass is 32.1. The van der Waals surface area contributed by atoms with Crippen LogP contribution < -0.4 is 10.1 Å². The van der Waals surface area contributed by atoms with Gasteiger partial charge in [0.2, 0.25) is 0 Å². The Balaban J connectivity index is 1.64. The minimum atomic E-state index is -0.472. The lowest BCUT2D eigenvalue weighted by Crippen LogP contribution is -2.47. The van der Waals surface area contributed by atoms with Gasteiger partial charge in [0.15, 0.2) is 5.66 Å². The fourth-order valence-corrected chi connectivity index (χ4v) is 5.04. The average molecular weight is 401 g/mol. The molecule has 2 saturated carbocycles. The van der Waals surface area contributed by atoms with Crippen molar-refractivity contribution in [3.05, 3.63) is 29.3 Å². The number of nitrogens with one attached hydrogen (secondary N) is 1. The maximum Gasteiger partial charge on any atom is 0.159 e. The first kappa shape index (κ1) is 19.8. The van der Waals surface area contributed by atoms with Gasteiger partial charge in [-0.15, -0.1) is 0 Å². The van der Waals surface area contributed by atoms with Gasteiger partial charge in [0.05, 0.1) is 18.4 Å². The molecule has 1 aliphatic heterocycles. The topological polar surface area (TPSA) is 42.9 Å². The lowest BCUT2D eigenvalue weighted by atomic mass is 9.75. The summed E-state index contributed by atoms with van der Waals surface area (Å²) in [6.07, 6.45) is 8.61. The Bertz CT molecular complexity index is 766. The number of hydrogen-bond donors (Lipinski definition) is 1. The molecule has 0 bridgehead atoms. The summed E-state index contributed by atoms with van der Waals surface area (Å²) in [6.45, 7) is 5.01. The van der Waals surface area contributed by atoms with E-state index in [0.717, 1.165) is 54.7 Å². The van der Waals surface area contributed by atoms with Gasteiger partial charge in [-0.2, -0.15) is 0 Å². The molecule has 0 radical (unpaired) electrons. The third-order valence-electron chi connectivity index (χ3n) is 6.91. The largest absolute Gasteiger partial charge is 0.493 e. The van der Waals surface area contributed by atoms with Crippen molar-refractivity contribution in [3.8, 4) is 5.75 Å². The maximum absolute atomic E-state index is 6.16. The molecule has 28 heavy (non-hydrogen) atoms. The van der Waals surface area contributed by atoms with E-state index < -0.39 is 5.66 Å². The van der Waals surface area contributed by atoms with Crippen molar-refractivity contribution in [2.45, 2.75) is 70.6 Å². The predicted molar refractivity (Wildman–Crippen MR) is 117 cm³/mol. The molecule has 152 valence electrons. The summed E-state index contributed by atoms with van der Waals surface area (Å²) in [6, 6.07) is 6.47. The third kappa shape index (κ3) is 3.71. The first-order valence-electron chi connectivity index (χ1n) is 10.7. The van der Waals surface area contributed by atoms with Crippen molar-refractivity contribution in [2.24, 2.45) is 16.8 Å². The molecule has 1 aromatic rings. The number of hydrogen-bond acceptors (Lipinski definition) is 4. The van der Waals surface area contributed by atoms with Crippen LogP contribution >= 0.6 is 12.2 Å². The van der Waals surface area contributed by atoms with Crippen molar-refractivity contribution < 1.29 is 9.47 Å². The zero-order chi connectivity index (χ0) is 19.7. The zero-order valence-corrected chi connectivity index (χ0v) is 18.1. The Kier molecular flexibility index (Phi) is 5.75. The van der Waals surface area contributed by atoms with Crippen LogP contribution in [0.1, 0.15) is 63.0 Å². The molecule has 0 saturated heterocycles. The van der Waals surface area contributed by atoms with Crippen LogP contribution in [-0.4, -0.2) is 30.5 Å². The second kappa shape index (κ2) is 8.11. The highest BCUT2D eigenvalue weighted by molar-refractivity contribution is 7.82. The van der Waals surface area contributed by atoms with Gasteiger partial charge < -0.3 is 14.8 Å². The van der Waals surface area contributed by atoms with Crippen LogP contribution in [0.3, 0.4) is 0 Å². The van der Waals surface area contributed by atoms with Gasteiger partial charge in [0, 0.05) is 18.6 Å². The van der Waals surface area contributed by atoms with Crippen molar-refractivity contribution in [2.75, 3.05) is 13.7 Å². The van der Waals surface area contributed by atoms with E-state index in [0.29, 0.717) is 12.0 Å². The monoisotopic (exact) mass is 400 g/mol. The van der Waals surface area contributed by atoms with Crippen molar-refractivity contribution >= 4 is 22.9 Å². The summed E-state index contributed by atoms with van der Waals surface area (Å²) in [4.78, 5) is 5.91. The van der Waals surface area contributed by atoms with Gasteiger partial charge in [-0.25, -0.2) is 0 Å². The molecule has 1 N–H and O–H groups in total. The number of benzene rings is 1. The fraction of sp³-hybridized carbons (Fsp3) is 0.652. The van der Waals surface area contributed by atoms with Crippen LogP contribution in [-0.2, 0) is 10.4 Å². The van der Waals surface area contributed by atoms with E-state index in [1.807, 2.05) is 14.0 Å². The summed E-state index contributed by atoms with van der Waals surface area (Å²) < 4.78 is 11.8. The Morgan fingerprint density at radius 3 is 2.46 bits per heavy atom. The van der Waals surface area contributed by atoms with Crippen LogP contribution in [0.15, 0.2) is 23.2 Å². The molecule has 2 fully saturated rings. The van der Waals surface area contributed by atoms with E-state index in [-0.39, 0.29) is 0 Å². The lowest BCUT2D eigenvalue weighted by molar-refractivity contribution is 0.0395. The van der Waals surface area contributed by atoms with E-state index in [4.69, 9.17) is 26.7 Å². The third-order valence-corrected chi connectivity index (χ3v) is 7.30. The number of aryl methyl sites for hydroxylation is 1. The predicted octanol–water partition coefficient (Wildman–Crippen LogP) is 4.92. The Labute approximate surface area is 174 Å². The smallest absolute Gasteiger partial charge is 0.159 e. The van der Waals surface area contributed by atoms with Gasteiger partial charge in [0.1, 0.15) is 10.7 Å². The minimum absolute atomic E-state index is 0.366. The molecule has 2 aliphatic carbocycles. The highest BCUT2D eigenvalue weighted by Gasteiger charge is 2.47. The van der Waals surface area contributed by atoms with Crippen LogP contribution in [0.4, 0.5) is 0 Å². The van der Waals surface area contributed by atoms with Crippen LogP contribution in [0.25, 0.3) is 0 Å². The molecule has 0 aromatic heterocycles. The molecule has 3 aliphatic rings. The fourth-order valence-electron chi connectivity index (χ4n) is 4.84. The number of thiocarbonyl (C=S) groups is 1. The first-order valence-corrected chi connectivity index (χ1v) is 11.1. The number of ether oxygens (including phenoxy) is 2. The lowest BCUT2D eigenvalue weighted by Gasteiger charge is -2.40. The molecule has 4 rings (SSSR count). The van der Waals surface area contributed by atoms with Crippen LogP contribution in [0.2, 0.25) is 0 Å². The van der Waals surface area contributed by atoms with Gasteiger partial charge >= 0.3 is 0 Å². The summed E-state index contributed by atoms with van der Waals surface area (Å²) >= 11 is 5.59. The second-order valence-electron chi connectivity index (χ2n) is 8.71. The van der Waals surface area contributed by atoms with Crippen molar-refractivity contribution in [1.29, 1.82) is 0 Å². The molecule has 5 heteroatoms. The molecule has 1 aromatic carbocycles. The summed E-state index contributed by atoms with van der Waals surface area (Å²) in [7, 11) is 1.82. The van der Waals surface area contributed by atoms with E-state index in [1.54, 1.807) is 0 Å². The molecular formula is C23H32N2O2S. The van der Waals surface area contributed by atoms with E-state index >= 15 is 0 Å². The van der Waals surface area contributed by atoms with Gasteiger partial charge in [-0.1, -0.05) is 24.7 Å². The van der Waals surface area contributed by atoms with E-state index in [9.17, 15) is 0 Å². The molecule has 0 amide bonds. The molecule has 1 heterocycles. The number of rotatable bonds is 6. The van der Waals surface area contributed by atoms with Crippen molar-refractivity contribution in [3.63, 3.8) is 0 Å². The van der Waals surface area contributed by atoms with Gasteiger partial charge in [-0.3, -0.25) is 4.99 Å². The zero-order valence-electron chi connectivity index (χ0n) is 17.3. The summed E-state index contributed by atoms with van der Waals surface area (Å²) in [5.41, 5.74) is 2.90. The minimum Gasteiger partial charge on any atom is -0.493 e. The SMILES string of the molecule is COC1CCC(C2(c3cc(OCC4CCC4)ccc3C)N=C(C)C(=S)N2)CC1. The second-order valence-corrected chi connectivity index (χ2v) is 9.12.